The van der Waals surface area contributed by atoms with Crippen LogP contribution in [-0.2, 0) is 4.74 Å². The van der Waals surface area contributed by atoms with E-state index in [1.54, 1.807) is 12.3 Å². The summed E-state index contributed by atoms with van der Waals surface area (Å²) >= 11 is 2.85. The van der Waals surface area contributed by atoms with Crippen LogP contribution < -0.4 is 0 Å². The second kappa shape index (κ2) is 12.1. The molecule has 0 bridgehead atoms. The normalized spacial score (nSPS) is 28.9. The average molecular weight is 678 g/mol. The van der Waals surface area contributed by atoms with Gasteiger partial charge in [-0.1, -0.05) is 11.3 Å². The van der Waals surface area contributed by atoms with Crippen LogP contribution in [0.4, 0.5) is 17.6 Å². The third-order valence-corrected chi connectivity index (χ3v) is 12.8. The zero-order valence-electron chi connectivity index (χ0n) is 23.0. The van der Waals surface area contributed by atoms with E-state index in [4.69, 9.17) is 4.74 Å². The van der Waals surface area contributed by atoms with E-state index in [1.165, 1.54) is 18.0 Å². The van der Waals surface area contributed by atoms with Crippen LogP contribution >= 0.6 is 26.8 Å². The highest BCUT2D eigenvalue weighted by Crippen LogP contribution is 2.61. The first-order valence-corrected chi connectivity index (χ1v) is 16.0. The minimum absolute atomic E-state index is 0.140. The summed E-state index contributed by atoms with van der Waals surface area (Å²) in [5.74, 6) is -4.22. The second-order valence-corrected chi connectivity index (χ2v) is 14.5. The molecule has 1 aliphatic heterocycles. The Balaban J connectivity index is 1.52. The van der Waals surface area contributed by atoms with Crippen molar-refractivity contribution in [3.63, 3.8) is 0 Å². The van der Waals surface area contributed by atoms with Crippen LogP contribution in [-0.4, -0.2) is 83.7 Å². The Kier molecular flexibility index (Phi) is 9.04. The maximum Gasteiger partial charge on any atom is 0.248 e. The van der Waals surface area contributed by atoms with Crippen LogP contribution in [0.15, 0.2) is 41.1 Å². The molecule has 2 unspecified atom stereocenters. The number of rotatable bonds is 7. The SMILES string of the molecule is CO[C@H]1C[SH](C(c2ncccc2C)C2(O)CCC(F)(F)CC2)[C@H](CO)[C@H](O)[C@@H]1n1cc(-c2cc(F)c(Br)c(F)c2)nn1. The van der Waals surface area contributed by atoms with Gasteiger partial charge in [-0.25, -0.2) is 33.1 Å². The maximum atomic E-state index is 14.2. The molecule has 0 spiro atoms. The molecule has 1 saturated carbocycles. The summed E-state index contributed by atoms with van der Waals surface area (Å²) in [5.41, 5.74) is 0.100. The molecule has 2 fully saturated rings. The second-order valence-electron chi connectivity index (χ2n) is 11.1. The lowest BCUT2D eigenvalue weighted by atomic mass is 9.79. The Labute approximate surface area is 251 Å². The predicted molar refractivity (Wildman–Crippen MR) is 154 cm³/mol. The Morgan fingerprint density at radius 2 is 1.86 bits per heavy atom. The van der Waals surface area contributed by atoms with Crippen LogP contribution in [0.2, 0.25) is 0 Å². The smallest absolute Gasteiger partial charge is 0.248 e. The summed E-state index contributed by atoms with van der Waals surface area (Å²) in [5, 5.41) is 41.0. The van der Waals surface area contributed by atoms with Crippen molar-refractivity contribution in [2.24, 2.45) is 0 Å². The van der Waals surface area contributed by atoms with Crippen molar-refractivity contribution in [1.82, 2.24) is 20.0 Å². The summed E-state index contributed by atoms with van der Waals surface area (Å²) in [4.78, 5) is 4.56. The first kappa shape index (κ1) is 31.3. The number of ether oxygens (including phenoxy) is 1. The van der Waals surface area contributed by atoms with Crippen LogP contribution in [0.3, 0.4) is 0 Å². The standard InChI is InChI=1S/C28H33BrF4N4O4S/c1-15-4-3-9-34-23(15)26(27(40)5-7-28(32,33)8-6-27)42-14-20(41-2)24(25(39)21(42)13-38)37-12-19(35-36-37)16-10-17(30)22(29)18(31)11-16/h3-4,9-12,20-21,24-26,38-40,42H,5-8,13-14H2,1-2H3/t20-,21+,24+,25-,26?/m0/s1. The number of aliphatic hydroxyl groups excluding tert-OH is 2. The summed E-state index contributed by atoms with van der Waals surface area (Å²) in [6, 6.07) is 4.96. The van der Waals surface area contributed by atoms with E-state index in [9.17, 15) is 32.9 Å². The first-order valence-electron chi connectivity index (χ1n) is 13.5. The van der Waals surface area contributed by atoms with Gasteiger partial charge in [0, 0.05) is 42.7 Å². The Hall–Kier alpha value is -2.10. The molecule has 3 N–H and O–H groups in total. The lowest BCUT2D eigenvalue weighted by Gasteiger charge is -2.53. The fourth-order valence-electron chi connectivity index (χ4n) is 6.23. The molecule has 0 radical (unpaired) electrons. The number of aromatic nitrogens is 4. The first-order chi connectivity index (χ1) is 19.9. The van der Waals surface area contributed by atoms with E-state index in [-0.39, 0.29) is 34.3 Å². The van der Waals surface area contributed by atoms with Gasteiger partial charge in [0.2, 0.25) is 5.92 Å². The maximum absolute atomic E-state index is 14.2. The van der Waals surface area contributed by atoms with Gasteiger partial charge < -0.3 is 20.1 Å². The van der Waals surface area contributed by atoms with Crippen molar-refractivity contribution in [2.75, 3.05) is 19.5 Å². The molecule has 42 heavy (non-hydrogen) atoms. The van der Waals surface area contributed by atoms with Gasteiger partial charge in [-0.05, 0) is 59.5 Å². The number of hydrogen-bond acceptors (Lipinski definition) is 7. The van der Waals surface area contributed by atoms with Crippen molar-refractivity contribution >= 4 is 26.8 Å². The van der Waals surface area contributed by atoms with Gasteiger partial charge in [-0.15, -0.1) is 5.10 Å². The Morgan fingerprint density at radius 1 is 1.19 bits per heavy atom. The van der Waals surface area contributed by atoms with Gasteiger partial charge in [-0.3, -0.25) is 4.98 Å². The highest BCUT2D eigenvalue weighted by atomic mass is 79.9. The van der Waals surface area contributed by atoms with Crippen molar-refractivity contribution in [3.05, 3.63) is 64.0 Å². The molecular weight excluding hydrogens is 644 g/mol. The lowest BCUT2D eigenvalue weighted by molar-refractivity contribution is -0.105. The van der Waals surface area contributed by atoms with Gasteiger partial charge in [0.25, 0.3) is 0 Å². The van der Waals surface area contributed by atoms with Gasteiger partial charge in [-0.2, -0.15) is 0 Å². The lowest BCUT2D eigenvalue weighted by Crippen LogP contribution is -2.54. The van der Waals surface area contributed by atoms with E-state index in [0.29, 0.717) is 5.69 Å². The summed E-state index contributed by atoms with van der Waals surface area (Å²) in [6.45, 7) is 1.39. The largest absolute Gasteiger partial charge is 0.395 e. The number of pyridine rings is 1. The minimum atomic E-state index is -2.88. The fourth-order valence-corrected chi connectivity index (χ4v) is 10.3. The zero-order valence-corrected chi connectivity index (χ0v) is 25.4. The fraction of sp³-hybridized carbons (Fsp3) is 0.536. The molecule has 6 atom stereocenters. The zero-order chi connectivity index (χ0) is 30.4. The number of benzene rings is 1. The van der Waals surface area contributed by atoms with Crippen LogP contribution in [0.25, 0.3) is 11.3 Å². The summed E-state index contributed by atoms with van der Waals surface area (Å²) in [6.07, 6.45) is -0.145. The van der Waals surface area contributed by atoms with E-state index in [1.807, 2.05) is 13.0 Å². The highest BCUT2D eigenvalue weighted by molar-refractivity contribution is 9.10. The molecule has 3 aromatic rings. The van der Waals surface area contributed by atoms with Crippen molar-refractivity contribution in [3.8, 4) is 11.3 Å². The predicted octanol–water partition coefficient (Wildman–Crippen LogP) is 4.66. The van der Waals surface area contributed by atoms with Crippen LogP contribution in [0.5, 0.6) is 0 Å². The highest BCUT2D eigenvalue weighted by Gasteiger charge is 2.54. The number of aliphatic hydroxyl groups is 3. The molecule has 3 heterocycles. The molecule has 1 aromatic carbocycles. The third-order valence-electron chi connectivity index (χ3n) is 8.52. The van der Waals surface area contributed by atoms with E-state index in [2.05, 4.69) is 31.2 Å². The van der Waals surface area contributed by atoms with Crippen LogP contribution in [0, 0.1) is 18.6 Å². The van der Waals surface area contributed by atoms with Gasteiger partial charge >= 0.3 is 0 Å². The van der Waals surface area contributed by atoms with Gasteiger partial charge in [0.15, 0.2) is 0 Å². The minimum Gasteiger partial charge on any atom is -0.395 e. The molecule has 0 amide bonds. The number of halogens is 5. The summed E-state index contributed by atoms with van der Waals surface area (Å²) < 4.78 is 63.7. The third kappa shape index (κ3) is 5.85. The molecule has 2 aromatic heterocycles. The monoisotopic (exact) mass is 676 g/mol. The number of methoxy groups -OCH3 is 1. The Bertz CT molecular complexity index is 1400. The number of hydrogen-bond donors (Lipinski definition) is 4. The Morgan fingerprint density at radius 3 is 2.45 bits per heavy atom. The number of thiol groups is 1. The summed E-state index contributed by atoms with van der Waals surface area (Å²) in [7, 11) is -0.0289. The molecule has 230 valence electrons. The van der Waals surface area contributed by atoms with Gasteiger partial charge in [0.1, 0.15) is 23.4 Å². The van der Waals surface area contributed by atoms with E-state index in [0.717, 1.165) is 17.7 Å². The van der Waals surface area contributed by atoms with E-state index >= 15 is 0 Å². The van der Waals surface area contributed by atoms with Crippen molar-refractivity contribution in [1.29, 1.82) is 0 Å². The molecule has 5 rings (SSSR count). The van der Waals surface area contributed by atoms with Crippen molar-refractivity contribution in [2.45, 2.75) is 72.9 Å². The molecule has 1 aliphatic carbocycles. The van der Waals surface area contributed by atoms with E-state index < -0.39 is 82.3 Å². The molecule has 1 saturated heterocycles. The van der Waals surface area contributed by atoms with Gasteiger partial charge in [0.05, 0.1) is 46.0 Å². The number of alkyl halides is 2. The average Bonchev–Trinajstić information content (AvgIpc) is 3.44. The molecular formula is C28H33BrF4N4O4S. The molecule has 8 nitrogen and oxygen atoms in total. The number of nitrogens with zero attached hydrogens (tertiary/aromatic N) is 4. The molecule has 14 heteroatoms. The number of aryl methyl sites for hydroxylation is 1. The quantitative estimate of drug-likeness (QED) is 0.164. The molecule has 2 aliphatic rings. The van der Waals surface area contributed by atoms with Crippen molar-refractivity contribution < 1.29 is 37.6 Å². The topological polar surface area (TPSA) is 114 Å². The van der Waals surface area contributed by atoms with Crippen LogP contribution in [0.1, 0.15) is 48.2 Å².